The summed E-state index contributed by atoms with van der Waals surface area (Å²) >= 11 is 3.32. The van der Waals surface area contributed by atoms with Gasteiger partial charge in [0.05, 0.1) is 25.9 Å². The highest BCUT2D eigenvalue weighted by Crippen LogP contribution is 2.26. The molecule has 1 N–H and O–H groups in total. The highest BCUT2D eigenvalue weighted by atomic mass is 79.9. The number of nitrogens with one attached hydrogen (secondary N) is 1. The van der Waals surface area contributed by atoms with E-state index in [0.29, 0.717) is 35.7 Å². The number of pyridine rings is 1. The Morgan fingerprint density at radius 3 is 2.55 bits per heavy atom. The number of nitrogens with zero attached hydrogens (tertiary/aromatic N) is 2. The first-order valence-corrected chi connectivity index (χ1v) is 12.5. The second-order valence-electron chi connectivity index (χ2n) is 8.43. The van der Waals surface area contributed by atoms with Gasteiger partial charge in [-0.2, -0.15) is 0 Å². The van der Waals surface area contributed by atoms with E-state index >= 15 is 0 Å². The van der Waals surface area contributed by atoms with Gasteiger partial charge in [0.1, 0.15) is 16.0 Å². The Balaban J connectivity index is 1.87. The van der Waals surface area contributed by atoms with E-state index in [4.69, 9.17) is 14.2 Å². The van der Waals surface area contributed by atoms with Crippen molar-refractivity contribution in [2.75, 3.05) is 34.1 Å². The molecule has 0 aliphatic rings. The summed E-state index contributed by atoms with van der Waals surface area (Å²) in [7, 11) is 2.78. The molecule has 1 aromatic heterocycles. The fourth-order valence-corrected chi connectivity index (χ4v) is 4.15. The monoisotopic (exact) mass is 589 g/mol. The van der Waals surface area contributed by atoms with Crippen LogP contribution in [0.5, 0.6) is 5.75 Å². The molecular formula is C27H29BrFN3O6. The molecule has 0 bridgehead atoms. The number of amides is 2. The summed E-state index contributed by atoms with van der Waals surface area (Å²) in [6.45, 7) is 4.10. The van der Waals surface area contributed by atoms with E-state index in [1.165, 1.54) is 28.7 Å². The Hall–Kier alpha value is -3.70. The van der Waals surface area contributed by atoms with Gasteiger partial charge in [-0.05, 0) is 65.2 Å². The van der Waals surface area contributed by atoms with Gasteiger partial charge in [-0.3, -0.25) is 19.1 Å². The Morgan fingerprint density at radius 2 is 1.87 bits per heavy atom. The van der Waals surface area contributed by atoms with Crippen LogP contribution in [0, 0.1) is 19.7 Å². The zero-order chi connectivity index (χ0) is 27.8. The highest BCUT2D eigenvalue weighted by molar-refractivity contribution is 9.10. The van der Waals surface area contributed by atoms with Crippen molar-refractivity contribution in [2.45, 2.75) is 20.4 Å². The number of rotatable bonds is 10. The van der Waals surface area contributed by atoms with Gasteiger partial charge in [-0.15, -0.1) is 0 Å². The number of aromatic nitrogens is 1. The number of hydrogen-bond donors (Lipinski definition) is 1. The first-order chi connectivity index (χ1) is 18.2. The van der Waals surface area contributed by atoms with Crippen molar-refractivity contribution in [3.05, 3.63) is 91.6 Å². The largest absolute Gasteiger partial charge is 0.471 e. The number of hydrogen-bond acceptors (Lipinski definition) is 6. The number of benzene rings is 2. The van der Waals surface area contributed by atoms with Crippen LogP contribution in [0.2, 0.25) is 0 Å². The molecular weight excluding hydrogens is 561 g/mol. The normalized spacial score (nSPS) is 10.7. The molecule has 3 aromatic rings. The molecule has 0 saturated heterocycles. The molecule has 202 valence electrons. The maximum absolute atomic E-state index is 13.6. The van der Waals surface area contributed by atoms with Gasteiger partial charge in [-0.25, -0.2) is 9.18 Å². The van der Waals surface area contributed by atoms with E-state index in [1.54, 1.807) is 50.4 Å². The molecule has 2 aromatic carbocycles. The van der Waals surface area contributed by atoms with Gasteiger partial charge in [0, 0.05) is 31.0 Å². The van der Waals surface area contributed by atoms with E-state index in [1.807, 2.05) is 6.92 Å². The summed E-state index contributed by atoms with van der Waals surface area (Å²) in [4.78, 5) is 39.5. The molecule has 0 fully saturated rings. The minimum atomic E-state index is -0.674. The van der Waals surface area contributed by atoms with Crippen LogP contribution in [0.1, 0.15) is 27.2 Å². The molecule has 0 atom stereocenters. The van der Waals surface area contributed by atoms with Gasteiger partial charge in [-0.1, -0.05) is 18.2 Å². The predicted octanol–water partition coefficient (Wildman–Crippen LogP) is 4.34. The van der Waals surface area contributed by atoms with Gasteiger partial charge in [0.25, 0.3) is 11.5 Å². The number of carbonyl (C=O) groups is 2. The standard InChI is InChI=1S/C27H29BrFN3O6/c1-17-8-9-20(25(33)30-10-11-36-3)14-22(17)32-18(2)12-23(24(28)26(32)34)38-16-31(27(35)37-4)15-19-6-5-7-21(29)13-19/h5-9,12-14H,10-11,15-16H2,1-4H3,(H,30,33). The Morgan fingerprint density at radius 1 is 1.11 bits per heavy atom. The maximum Gasteiger partial charge on any atom is 0.412 e. The summed E-state index contributed by atoms with van der Waals surface area (Å²) < 4.78 is 30.8. The molecule has 0 saturated carbocycles. The highest BCUT2D eigenvalue weighted by Gasteiger charge is 2.20. The fourth-order valence-electron chi connectivity index (χ4n) is 3.74. The van der Waals surface area contributed by atoms with Crippen LogP contribution >= 0.6 is 15.9 Å². The first kappa shape index (κ1) is 28.9. The van der Waals surface area contributed by atoms with Crippen molar-refractivity contribution in [1.29, 1.82) is 0 Å². The van der Waals surface area contributed by atoms with Gasteiger partial charge < -0.3 is 19.5 Å². The lowest BCUT2D eigenvalue weighted by Gasteiger charge is -2.23. The van der Waals surface area contributed by atoms with Crippen molar-refractivity contribution in [3.63, 3.8) is 0 Å². The quantitative estimate of drug-likeness (QED) is 0.279. The zero-order valence-electron chi connectivity index (χ0n) is 21.5. The summed E-state index contributed by atoms with van der Waals surface area (Å²) in [5, 5.41) is 2.77. The molecule has 38 heavy (non-hydrogen) atoms. The minimum absolute atomic E-state index is 0.0382. The Bertz CT molecular complexity index is 1380. The molecule has 0 unspecified atom stereocenters. The van der Waals surface area contributed by atoms with Crippen molar-refractivity contribution in [3.8, 4) is 11.4 Å². The van der Waals surface area contributed by atoms with Crippen LogP contribution in [0.4, 0.5) is 9.18 Å². The Kier molecular flexibility index (Phi) is 10.0. The van der Waals surface area contributed by atoms with Gasteiger partial charge in [0.2, 0.25) is 0 Å². The lowest BCUT2D eigenvalue weighted by atomic mass is 10.1. The number of aryl methyl sites for hydroxylation is 2. The molecule has 0 spiro atoms. The van der Waals surface area contributed by atoms with Crippen LogP contribution in [0.15, 0.2) is 57.8 Å². The lowest BCUT2D eigenvalue weighted by Crippen LogP contribution is -2.34. The third-order valence-corrected chi connectivity index (χ3v) is 6.40. The molecule has 1 heterocycles. The van der Waals surface area contributed by atoms with Crippen molar-refractivity contribution >= 4 is 27.9 Å². The molecule has 0 aliphatic carbocycles. The van der Waals surface area contributed by atoms with Crippen molar-refractivity contribution < 1.29 is 28.2 Å². The van der Waals surface area contributed by atoms with Crippen LogP contribution in [-0.4, -0.2) is 55.6 Å². The first-order valence-electron chi connectivity index (χ1n) is 11.7. The summed E-state index contributed by atoms with van der Waals surface area (Å²) in [6.07, 6.45) is -0.674. The van der Waals surface area contributed by atoms with Crippen molar-refractivity contribution in [2.24, 2.45) is 0 Å². The third kappa shape index (κ3) is 6.99. The van der Waals surface area contributed by atoms with E-state index in [9.17, 15) is 18.8 Å². The number of halogens is 2. The van der Waals surface area contributed by atoms with E-state index in [2.05, 4.69) is 21.2 Å². The zero-order valence-corrected chi connectivity index (χ0v) is 23.1. The predicted molar refractivity (Wildman–Crippen MR) is 143 cm³/mol. The minimum Gasteiger partial charge on any atom is -0.471 e. The van der Waals surface area contributed by atoms with E-state index in [0.717, 1.165) is 5.56 Å². The Labute approximate surface area is 228 Å². The molecule has 2 amide bonds. The summed E-state index contributed by atoms with van der Waals surface area (Å²) in [6, 6.07) is 12.6. The van der Waals surface area contributed by atoms with Crippen LogP contribution in [0.3, 0.4) is 0 Å². The average molecular weight is 590 g/mol. The second kappa shape index (κ2) is 13.2. The SMILES string of the molecule is COCCNC(=O)c1ccc(C)c(-n2c(C)cc(OCN(Cc3cccc(F)c3)C(=O)OC)c(Br)c2=O)c1. The van der Waals surface area contributed by atoms with E-state index in [-0.39, 0.29) is 29.4 Å². The fraction of sp³-hybridized carbons (Fsp3) is 0.296. The molecule has 11 heteroatoms. The summed E-state index contributed by atoms with van der Waals surface area (Å²) in [5.74, 6) is -0.501. The van der Waals surface area contributed by atoms with E-state index < -0.39 is 17.5 Å². The number of ether oxygens (including phenoxy) is 3. The van der Waals surface area contributed by atoms with Crippen LogP contribution < -0.4 is 15.6 Å². The second-order valence-corrected chi connectivity index (χ2v) is 9.22. The molecule has 9 nitrogen and oxygen atoms in total. The van der Waals surface area contributed by atoms with Crippen molar-refractivity contribution in [1.82, 2.24) is 14.8 Å². The van der Waals surface area contributed by atoms with Gasteiger partial charge >= 0.3 is 6.09 Å². The maximum atomic E-state index is 13.6. The summed E-state index contributed by atoms with van der Waals surface area (Å²) in [5.41, 5.74) is 2.41. The number of carbonyl (C=O) groups excluding carboxylic acids is 2. The lowest BCUT2D eigenvalue weighted by molar-refractivity contribution is 0.0799. The van der Waals surface area contributed by atoms with Crippen LogP contribution in [0.25, 0.3) is 5.69 Å². The average Bonchev–Trinajstić information content (AvgIpc) is 2.89. The molecule has 0 radical (unpaired) electrons. The number of methoxy groups -OCH3 is 2. The van der Waals surface area contributed by atoms with Gasteiger partial charge in [0.15, 0.2) is 6.73 Å². The smallest absolute Gasteiger partial charge is 0.412 e. The third-order valence-electron chi connectivity index (χ3n) is 5.68. The molecule has 3 rings (SSSR count). The molecule has 0 aliphatic heterocycles. The topological polar surface area (TPSA) is 99.1 Å². The van der Waals surface area contributed by atoms with Crippen LogP contribution in [-0.2, 0) is 16.0 Å².